The first-order chi connectivity index (χ1) is 14.2. The molecule has 1 atom stereocenters. The van der Waals surface area contributed by atoms with Gasteiger partial charge in [0.2, 0.25) is 0 Å². The Balaban J connectivity index is 1.35. The van der Waals surface area contributed by atoms with Crippen molar-refractivity contribution in [2.24, 2.45) is 5.18 Å². The second-order valence-electron chi connectivity index (χ2n) is 7.07. The molecule has 0 saturated heterocycles. The third kappa shape index (κ3) is 4.54. The summed E-state index contributed by atoms with van der Waals surface area (Å²) < 4.78 is 5.87. The van der Waals surface area contributed by atoms with Crippen molar-refractivity contribution in [2.45, 2.75) is 31.7 Å². The monoisotopic (exact) mass is 406 g/mol. The molecule has 3 aromatic rings. The van der Waals surface area contributed by atoms with Crippen molar-refractivity contribution >= 4 is 17.2 Å². The fourth-order valence-electron chi connectivity index (χ4n) is 3.63. The fraction of sp³-hybridized carbons (Fsp3) is 0.261. The second-order valence-corrected chi connectivity index (χ2v) is 7.99. The summed E-state index contributed by atoms with van der Waals surface area (Å²) in [5, 5.41) is 8.08. The molecule has 6 heteroatoms. The second kappa shape index (κ2) is 9.01. The lowest BCUT2D eigenvalue weighted by molar-refractivity contribution is 0.0953. The van der Waals surface area contributed by atoms with Gasteiger partial charge in [-0.2, -0.15) is 4.91 Å². The number of amides is 1. The van der Waals surface area contributed by atoms with Crippen molar-refractivity contribution in [3.05, 3.63) is 86.5 Å². The van der Waals surface area contributed by atoms with Gasteiger partial charge in [0, 0.05) is 16.8 Å². The Hall–Kier alpha value is -2.99. The summed E-state index contributed by atoms with van der Waals surface area (Å²) in [7, 11) is 0. The lowest BCUT2D eigenvalue weighted by Gasteiger charge is -2.17. The van der Waals surface area contributed by atoms with Crippen molar-refractivity contribution in [3.63, 3.8) is 0 Å². The number of thiophene rings is 1. The van der Waals surface area contributed by atoms with Crippen molar-refractivity contribution < 1.29 is 9.53 Å². The van der Waals surface area contributed by atoms with E-state index in [2.05, 4.69) is 10.5 Å². The van der Waals surface area contributed by atoms with E-state index in [0.717, 1.165) is 46.8 Å². The summed E-state index contributed by atoms with van der Waals surface area (Å²) in [6, 6.07) is 17.3. The predicted molar refractivity (Wildman–Crippen MR) is 115 cm³/mol. The number of nitrogens with zero attached hydrogens (tertiary/aromatic N) is 1. The topological polar surface area (TPSA) is 67.8 Å². The molecule has 1 aromatic heterocycles. The highest BCUT2D eigenvalue weighted by Gasteiger charge is 2.27. The molecule has 4 rings (SSSR count). The Morgan fingerprint density at radius 1 is 1.14 bits per heavy atom. The van der Waals surface area contributed by atoms with Crippen LogP contribution in [0.15, 0.2) is 65.2 Å². The van der Waals surface area contributed by atoms with Crippen molar-refractivity contribution in [3.8, 4) is 11.5 Å². The summed E-state index contributed by atoms with van der Waals surface area (Å²) in [4.78, 5) is 24.6. The largest absolute Gasteiger partial charge is 0.457 e. The fourth-order valence-corrected chi connectivity index (χ4v) is 4.80. The Morgan fingerprint density at radius 2 is 1.97 bits per heavy atom. The standard InChI is InChI=1S/C23H22N2O3S/c26-23(20-15-29-22-19(20)10-5-11-21(22)25-27)24-13-12-16-6-4-9-18(14-16)28-17-7-2-1-3-8-17/h1-4,6-9,14-15,21H,5,10-13H2,(H,24,26). The summed E-state index contributed by atoms with van der Waals surface area (Å²) in [5.74, 6) is 1.49. The number of nitrogens with one attached hydrogen (secondary N) is 1. The maximum Gasteiger partial charge on any atom is 0.252 e. The third-order valence-electron chi connectivity index (χ3n) is 5.08. The van der Waals surface area contributed by atoms with Crippen LogP contribution in [0.1, 0.15) is 45.2 Å². The van der Waals surface area contributed by atoms with Gasteiger partial charge in [-0.25, -0.2) is 0 Å². The quantitative estimate of drug-likeness (QED) is 0.515. The van der Waals surface area contributed by atoms with E-state index in [1.54, 1.807) is 0 Å². The third-order valence-corrected chi connectivity index (χ3v) is 6.21. The lowest BCUT2D eigenvalue weighted by Crippen LogP contribution is -2.26. The number of hydrogen-bond donors (Lipinski definition) is 1. The minimum Gasteiger partial charge on any atom is -0.457 e. The maximum atomic E-state index is 12.6. The average Bonchev–Trinajstić information content (AvgIpc) is 3.19. The van der Waals surface area contributed by atoms with Gasteiger partial charge in [0.15, 0.2) is 0 Å². The minimum absolute atomic E-state index is 0.0780. The molecule has 1 unspecified atom stereocenters. The molecule has 1 N–H and O–H groups in total. The zero-order valence-corrected chi connectivity index (χ0v) is 16.8. The van der Waals surface area contributed by atoms with Crippen LogP contribution >= 0.6 is 11.3 Å². The van der Waals surface area contributed by atoms with Crippen molar-refractivity contribution in [1.29, 1.82) is 0 Å². The molecule has 0 spiro atoms. The molecule has 0 bridgehead atoms. The molecule has 2 aromatic carbocycles. The number of rotatable bonds is 7. The number of fused-ring (bicyclic) bond motifs is 1. The minimum atomic E-state index is -0.294. The van der Waals surface area contributed by atoms with Crippen LogP contribution in [-0.2, 0) is 12.8 Å². The van der Waals surface area contributed by atoms with E-state index in [0.29, 0.717) is 18.5 Å². The Bertz CT molecular complexity index is 1000. The van der Waals surface area contributed by atoms with E-state index >= 15 is 0 Å². The van der Waals surface area contributed by atoms with Crippen LogP contribution < -0.4 is 10.1 Å². The van der Waals surface area contributed by atoms with E-state index < -0.39 is 0 Å². The highest BCUT2D eigenvalue weighted by Crippen LogP contribution is 2.38. The zero-order valence-electron chi connectivity index (χ0n) is 16.0. The van der Waals surface area contributed by atoms with E-state index in [9.17, 15) is 9.70 Å². The van der Waals surface area contributed by atoms with Gasteiger partial charge in [0.05, 0.1) is 5.56 Å². The zero-order chi connectivity index (χ0) is 20.1. The number of hydrogen-bond acceptors (Lipinski definition) is 5. The number of para-hydroxylation sites is 1. The molecule has 5 nitrogen and oxygen atoms in total. The van der Waals surface area contributed by atoms with E-state index in [4.69, 9.17) is 4.74 Å². The number of ether oxygens (including phenoxy) is 1. The summed E-state index contributed by atoms with van der Waals surface area (Å²) >= 11 is 1.47. The summed E-state index contributed by atoms with van der Waals surface area (Å²) in [6.45, 7) is 0.535. The highest BCUT2D eigenvalue weighted by molar-refractivity contribution is 7.10. The summed E-state index contributed by atoms with van der Waals surface area (Å²) in [6.07, 6.45) is 3.23. The first-order valence-corrected chi connectivity index (χ1v) is 10.7. The van der Waals surface area contributed by atoms with Gasteiger partial charge in [-0.3, -0.25) is 4.79 Å². The van der Waals surface area contributed by atoms with Crippen LogP contribution in [0.25, 0.3) is 0 Å². The smallest absolute Gasteiger partial charge is 0.252 e. The van der Waals surface area contributed by atoms with Crippen LogP contribution in [0, 0.1) is 4.91 Å². The van der Waals surface area contributed by atoms with Gasteiger partial charge in [0.25, 0.3) is 5.91 Å². The molecular formula is C23H22N2O3S. The van der Waals surface area contributed by atoms with Crippen molar-refractivity contribution in [2.75, 3.05) is 6.54 Å². The van der Waals surface area contributed by atoms with Gasteiger partial charge < -0.3 is 10.1 Å². The van der Waals surface area contributed by atoms with E-state index in [-0.39, 0.29) is 11.9 Å². The Kier molecular flexibility index (Phi) is 6.00. The normalized spacial score (nSPS) is 15.4. The van der Waals surface area contributed by atoms with Crippen LogP contribution in [-0.4, -0.2) is 12.5 Å². The first-order valence-electron chi connectivity index (χ1n) is 9.77. The molecule has 29 heavy (non-hydrogen) atoms. The molecule has 0 fully saturated rings. The highest BCUT2D eigenvalue weighted by atomic mass is 32.1. The van der Waals surface area contributed by atoms with E-state index in [1.165, 1.54) is 11.3 Å². The number of benzene rings is 2. The molecule has 1 amide bonds. The number of carbonyl (C=O) groups is 1. The predicted octanol–water partition coefficient (Wildman–Crippen LogP) is 5.66. The Morgan fingerprint density at radius 3 is 2.79 bits per heavy atom. The van der Waals surface area contributed by atoms with Gasteiger partial charge in [-0.1, -0.05) is 35.5 Å². The van der Waals surface area contributed by atoms with Crippen LogP contribution in [0.2, 0.25) is 0 Å². The van der Waals surface area contributed by atoms with Crippen LogP contribution in [0.5, 0.6) is 11.5 Å². The van der Waals surface area contributed by atoms with Crippen molar-refractivity contribution in [1.82, 2.24) is 5.32 Å². The molecule has 0 saturated carbocycles. The van der Waals surface area contributed by atoms with Gasteiger partial charge in [-0.05, 0) is 61.1 Å². The van der Waals surface area contributed by atoms with Gasteiger partial charge >= 0.3 is 0 Å². The van der Waals surface area contributed by atoms with Crippen LogP contribution in [0.4, 0.5) is 0 Å². The molecule has 148 valence electrons. The molecule has 1 heterocycles. The van der Waals surface area contributed by atoms with Crippen LogP contribution in [0.3, 0.4) is 0 Å². The number of nitroso groups, excluding NO2 is 1. The lowest BCUT2D eigenvalue weighted by atomic mass is 9.92. The number of carbonyl (C=O) groups excluding carboxylic acids is 1. The first kappa shape index (κ1) is 19.3. The molecular weight excluding hydrogens is 384 g/mol. The van der Waals surface area contributed by atoms with E-state index in [1.807, 2.05) is 60.0 Å². The maximum absolute atomic E-state index is 12.6. The molecule has 0 radical (unpaired) electrons. The SMILES string of the molecule is O=NC1CCCc2c(C(=O)NCCc3cccc(Oc4ccccc4)c3)csc21. The Labute approximate surface area is 173 Å². The summed E-state index contributed by atoms with van der Waals surface area (Å²) in [5.41, 5.74) is 2.79. The molecule has 0 aliphatic heterocycles. The average molecular weight is 407 g/mol. The molecule has 1 aliphatic carbocycles. The van der Waals surface area contributed by atoms with Gasteiger partial charge in [-0.15, -0.1) is 11.3 Å². The molecule has 1 aliphatic rings. The van der Waals surface area contributed by atoms with Gasteiger partial charge in [0.1, 0.15) is 17.5 Å².